The van der Waals surface area contributed by atoms with Gasteiger partial charge in [-0.3, -0.25) is 19.5 Å². The van der Waals surface area contributed by atoms with E-state index in [1.54, 1.807) is 48.8 Å². The largest absolute Gasteiger partial charge is 0.507 e. The number of carbonyl (C=O) groups excluding carboxylic acids is 2. The van der Waals surface area contributed by atoms with E-state index in [-0.39, 0.29) is 11.3 Å². The maximum atomic E-state index is 13.1. The number of hydrogen-bond donors (Lipinski definition) is 1. The van der Waals surface area contributed by atoms with Gasteiger partial charge in [-0.05, 0) is 54.4 Å². The van der Waals surface area contributed by atoms with Crippen LogP contribution in [0.15, 0.2) is 72.6 Å². The highest BCUT2D eigenvalue weighted by Gasteiger charge is 2.47. The number of rotatable bonds is 4. The summed E-state index contributed by atoms with van der Waals surface area (Å²) in [4.78, 5) is 31.7. The molecule has 156 valence electrons. The first-order valence-electron chi connectivity index (χ1n) is 9.54. The first kappa shape index (κ1) is 20.6. The number of hydrogen-bond acceptors (Lipinski definition) is 5. The lowest BCUT2D eigenvalue weighted by atomic mass is 9.95. The highest BCUT2D eigenvalue weighted by atomic mass is 35.5. The number of benzene rings is 2. The van der Waals surface area contributed by atoms with Crippen LogP contribution < -0.4 is 9.64 Å². The summed E-state index contributed by atoms with van der Waals surface area (Å²) in [6.45, 7) is 1.86. The van der Waals surface area contributed by atoms with Crippen molar-refractivity contribution in [1.82, 2.24) is 4.98 Å². The van der Waals surface area contributed by atoms with E-state index in [9.17, 15) is 14.7 Å². The Balaban J connectivity index is 1.96. The van der Waals surface area contributed by atoms with E-state index in [1.807, 2.05) is 19.1 Å². The fourth-order valence-electron chi connectivity index (χ4n) is 3.74. The van der Waals surface area contributed by atoms with Crippen molar-refractivity contribution in [2.45, 2.75) is 13.0 Å². The number of aromatic nitrogens is 1. The highest BCUT2D eigenvalue weighted by molar-refractivity contribution is 6.51. The summed E-state index contributed by atoms with van der Waals surface area (Å²) in [5.41, 5.74) is 2.39. The fourth-order valence-corrected chi connectivity index (χ4v) is 3.93. The van der Waals surface area contributed by atoms with Crippen molar-refractivity contribution in [3.63, 3.8) is 0 Å². The molecule has 2 aromatic carbocycles. The Morgan fingerprint density at radius 1 is 1.10 bits per heavy atom. The van der Waals surface area contributed by atoms with Gasteiger partial charge in [0.1, 0.15) is 11.5 Å². The number of amides is 1. The zero-order valence-corrected chi connectivity index (χ0v) is 17.6. The summed E-state index contributed by atoms with van der Waals surface area (Å²) in [5, 5.41) is 11.5. The van der Waals surface area contributed by atoms with Crippen LogP contribution in [0.2, 0.25) is 5.02 Å². The van der Waals surface area contributed by atoms with Crippen LogP contribution >= 0.6 is 11.6 Å². The Kier molecular flexibility index (Phi) is 5.48. The molecular formula is C24H19ClN2O4. The smallest absolute Gasteiger partial charge is 0.300 e. The molecule has 1 atom stereocenters. The molecule has 4 rings (SSSR count). The SMILES string of the molecule is COc1cc(/C(O)=C2/C(=O)C(=O)N(c3ccccc3C)C2c2ccncc2)ccc1Cl. The predicted molar refractivity (Wildman–Crippen MR) is 118 cm³/mol. The van der Waals surface area contributed by atoms with Gasteiger partial charge in [0, 0.05) is 23.6 Å². The molecule has 6 nitrogen and oxygen atoms in total. The van der Waals surface area contributed by atoms with Crippen molar-refractivity contribution < 1.29 is 19.4 Å². The first-order valence-corrected chi connectivity index (χ1v) is 9.92. The van der Waals surface area contributed by atoms with Crippen LogP contribution in [0.4, 0.5) is 5.69 Å². The number of methoxy groups -OCH3 is 1. The van der Waals surface area contributed by atoms with Crippen LogP contribution in [0, 0.1) is 6.92 Å². The molecule has 2 heterocycles. The molecule has 0 saturated carbocycles. The molecule has 1 amide bonds. The lowest BCUT2D eigenvalue weighted by Gasteiger charge is -2.26. The summed E-state index contributed by atoms with van der Waals surface area (Å²) >= 11 is 6.10. The van der Waals surface area contributed by atoms with Gasteiger partial charge in [-0.2, -0.15) is 0 Å². The number of aryl methyl sites for hydroxylation is 1. The number of pyridine rings is 1. The fraction of sp³-hybridized carbons (Fsp3) is 0.125. The standard InChI is InChI=1S/C24H19ClN2O4/c1-14-5-3-4-6-18(14)27-21(15-9-11-26-12-10-15)20(23(29)24(27)30)22(28)16-7-8-17(25)19(13-16)31-2/h3-13,21,28H,1-2H3/b22-20-. The van der Waals surface area contributed by atoms with E-state index in [4.69, 9.17) is 16.3 Å². The van der Waals surface area contributed by atoms with Crippen molar-refractivity contribution in [2.75, 3.05) is 12.0 Å². The van der Waals surface area contributed by atoms with Crippen LogP contribution in [-0.2, 0) is 9.59 Å². The molecular weight excluding hydrogens is 416 g/mol. The van der Waals surface area contributed by atoms with Crippen LogP contribution in [0.1, 0.15) is 22.7 Å². The quantitative estimate of drug-likeness (QED) is 0.366. The van der Waals surface area contributed by atoms with E-state index in [1.165, 1.54) is 18.1 Å². The van der Waals surface area contributed by atoms with Gasteiger partial charge in [0.15, 0.2) is 0 Å². The van der Waals surface area contributed by atoms with Crippen LogP contribution in [0.25, 0.3) is 5.76 Å². The van der Waals surface area contributed by atoms with Gasteiger partial charge in [-0.15, -0.1) is 0 Å². The monoisotopic (exact) mass is 434 g/mol. The number of anilines is 1. The molecule has 1 saturated heterocycles. The summed E-state index contributed by atoms with van der Waals surface area (Å²) in [6.07, 6.45) is 3.16. The zero-order chi connectivity index (χ0) is 22.1. The third-order valence-corrected chi connectivity index (χ3v) is 5.58. The van der Waals surface area contributed by atoms with Crippen molar-refractivity contribution >= 4 is 34.7 Å². The van der Waals surface area contributed by atoms with Crippen LogP contribution in [-0.4, -0.2) is 28.9 Å². The number of para-hydroxylation sites is 1. The maximum absolute atomic E-state index is 13.1. The average molecular weight is 435 g/mol. The molecule has 0 radical (unpaired) electrons. The van der Waals surface area contributed by atoms with Crippen molar-refractivity contribution in [3.8, 4) is 5.75 Å². The molecule has 1 aliphatic heterocycles. The second-order valence-corrected chi connectivity index (χ2v) is 7.49. The molecule has 0 bridgehead atoms. The Hall–Kier alpha value is -3.64. The van der Waals surface area contributed by atoms with E-state index >= 15 is 0 Å². The number of aliphatic hydroxyl groups is 1. The van der Waals surface area contributed by atoms with Crippen molar-refractivity contribution in [3.05, 3.63) is 94.3 Å². The molecule has 1 unspecified atom stereocenters. The molecule has 0 aliphatic carbocycles. The predicted octanol–water partition coefficient (Wildman–Crippen LogP) is 4.68. The summed E-state index contributed by atoms with van der Waals surface area (Å²) in [6, 6.07) is 14.6. The molecule has 0 spiro atoms. The van der Waals surface area contributed by atoms with Gasteiger partial charge < -0.3 is 9.84 Å². The minimum absolute atomic E-state index is 0.0103. The maximum Gasteiger partial charge on any atom is 0.300 e. The molecule has 1 fully saturated rings. The minimum Gasteiger partial charge on any atom is -0.507 e. The number of carbonyl (C=O) groups is 2. The van der Waals surface area contributed by atoms with Gasteiger partial charge in [-0.25, -0.2) is 0 Å². The second kappa shape index (κ2) is 8.24. The number of Topliss-reactive ketones (excluding diaryl/α,β-unsaturated/α-hetero) is 1. The normalized spacial score (nSPS) is 17.8. The van der Waals surface area contributed by atoms with Gasteiger partial charge in [0.2, 0.25) is 0 Å². The number of ether oxygens (including phenoxy) is 1. The number of nitrogens with zero attached hydrogens (tertiary/aromatic N) is 2. The molecule has 1 aromatic heterocycles. The number of aliphatic hydroxyl groups excluding tert-OH is 1. The molecule has 1 aliphatic rings. The van der Waals surface area contributed by atoms with Crippen molar-refractivity contribution in [1.29, 1.82) is 0 Å². The Bertz CT molecular complexity index is 1210. The molecule has 31 heavy (non-hydrogen) atoms. The third kappa shape index (κ3) is 3.55. The zero-order valence-electron chi connectivity index (χ0n) is 16.9. The van der Waals surface area contributed by atoms with Gasteiger partial charge in [0.05, 0.1) is 23.7 Å². The average Bonchev–Trinajstić information content (AvgIpc) is 3.05. The lowest BCUT2D eigenvalue weighted by Crippen LogP contribution is -2.30. The van der Waals surface area contributed by atoms with Gasteiger partial charge in [0.25, 0.3) is 11.7 Å². The Morgan fingerprint density at radius 3 is 2.48 bits per heavy atom. The van der Waals surface area contributed by atoms with E-state index in [0.717, 1.165) is 5.56 Å². The van der Waals surface area contributed by atoms with Crippen LogP contribution in [0.3, 0.4) is 0 Å². The van der Waals surface area contributed by atoms with E-state index in [0.29, 0.717) is 27.6 Å². The molecule has 7 heteroatoms. The minimum atomic E-state index is -0.814. The van der Waals surface area contributed by atoms with E-state index in [2.05, 4.69) is 4.98 Å². The molecule has 3 aromatic rings. The molecule has 1 N–H and O–H groups in total. The van der Waals surface area contributed by atoms with Crippen LogP contribution in [0.5, 0.6) is 5.75 Å². The third-order valence-electron chi connectivity index (χ3n) is 5.27. The first-order chi connectivity index (χ1) is 14.9. The summed E-state index contributed by atoms with van der Waals surface area (Å²) in [7, 11) is 1.46. The lowest BCUT2D eigenvalue weighted by molar-refractivity contribution is -0.132. The van der Waals surface area contributed by atoms with Crippen molar-refractivity contribution in [2.24, 2.45) is 0 Å². The van der Waals surface area contributed by atoms with Gasteiger partial charge >= 0.3 is 0 Å². The van der Waals surface area contributed by atoms with Gasteiger partial charge in [-0.1, -0.05) is 29.8 Å². The highest BCUT2D eigenvalue weighted by Crippen LogP contribution is 2.43. The Morgan fingerprint density at radius 2 is 1.81 bits per heavy atom. The number of ketones is 1. The van der Waals surface area contributed by atoms with E-state index < -0.39 is 17.7 Å². The second-order valence-electron chi connectivity index (χ2n) is 7.09. The summed E-state index contributed by atoms with van der Waals surface area (Å²) < 4.78 is 5.23. The topological polar surface area (TPSA) is 79.7 Å². The summed E-state index contributed by atoms with van der Waals surface area (Å²) in [5.74, 6) is -1.43. The Labute approximate surface area is 184 Å². The number of halogens is 1.